The van der Waals surface area contributed by atoms with Gasteiger partial charge in [-0.25, -0.2) is 9.69 Å². The van der Waals surface area contributed by atoms with Gasteiger partial charge in [-0.3, -0.25) is 10.2 Å². The van der Waals surface area contributed by atoms with Crippen LogP contribution in [0.2, 0.25) is 15.1 Å². The lowest BCUT2D eigenvalue weighted by atomic mass is 9.91. The number of aromatic nitrogens is 2. The van der Waals surface area contributed by atoms with E-state index in [1.807, 2.05) is 35.3 Å². The summed E-state index contributed by atoms with van der Waals surface area (Å²) in [5.41, 5.74) is 6.81. The third-order valence-corrected chi connectivity index (χ3v) is 6.26. The minimum atomic E-state index is -0.197. The van der Waals surface area contributed by atoms with Gasteiger partial charge in [0.1, 0.15) is 0 Å². The molecule has 2 aromatic carbocycles. The Morgan fingerprint density at radius 1 is 1.00 bits per heavy atom. The summed E-state index contributed by atoms with van der Waals surface area (Å²) in [6.45, 7) is 0.822. The number of halogens is 3. The molecule has 0 bridgehead atoms. The van der Waals surface area contributed by atoms with Crippen molar-refractivity contribution < 1.29 is 4.79 Å². The third kappa shape index (κ3) is 3.22. The molecule has 2 aliphatic rings. The van der Waals surface area contributed by atoms with Crippen molar-refractivity contribution in [1.29, 1.82) is 0 Å². The minimum Gasteiger partial charge on any atom is -0.283 e. The van der Waals surface area contributed by atoms with Gasteiger partial charge in [-0.2, -0.15) is 5.10 Å². The van der Waals surface area contributed by atoms with Gasteiger partial charge >= 0.3 is 0 Å². The number of hydrogen-bond donors (Lipinski definition) is 1. The predicted molar refractivity (Wildman–Crippen MR) is 115 cm³/mol. The van der Waals surface area contributed by atoms with E-state index in [-0.39, 0.29) is 11.9 Å². The highest BCUT2D eigenvalue weighted by atomic mass is 35.5. The van der Waals surface area contributed by atoms with Crippen LogP contribution in [0.5, 0.6) is 0 Å². The topological polar surface area (TPSA) is 50.2 Å². The molecule has 0 radical (unpaired) electrons. The second-order valence-electron chi connectivity index (χ2n) is 7.27. The van der Waals surface area contributed by atoms with E-state index in [0.717, 1.165) is 42.6 Å². The average molecular weight is 448 g/mol. The van der Waals surface area contributed by atoms with Crippen LogP contribution in [-0.4, -0.2) is 27.2 Å². The first-order valence-electron chi connectivity index (χ1n) is 9.45. The van der Waals surface area contributed by atoms with Gasteiger partial charge < -0.3 is 0 Å². The van der Waals surface area contributed by atoms with Crippen molar-refractivity contribution in [1.82, 2.24) is 20.2 Å². The first kappa shape index (κ1) is 18.9. The molecule has 1 aromatic heterocycles. The first-order chi connectivity index (χ1) is 14.0. The molecule has 1 fully saturated rings. The van der Waals surface area contributed by atoms with Gasteiger partial charge in [-0.1, -0.05) is 53.4 Å². The standard InChI is InChI=1S/C21H17Cl3N4O/c22-13-6-4-12(5-7-13)20-18-17-3-1-2-10-27(17)26-21(29)19(18)25-28(20)16-9-8-14(23)11-15(16)24/h4-9,11,17H,1-3,10H2,(H,26,29). The van der Waals surface area contributed by atoms with Gasteiger partial charge in [-0.15, -0.1) is 0 Å². The Morgan fingerprint density at radius 3 is 2.52 bits per heavy atom. The van der Waals surface area contributed by atoms with Gasteiger partial charge in [0.25, 0.3) is 5.91 Å². The maximum atomic E-state index is 12.9. The molecule has 3 aromatic rings. The van der Waals surface area contributed by atoms with E-state index in [9.17, 15) is 4.79 Å². The number of carbonyl (C=O) groups is 1. The van der Waals surface area contributed by atoms with Gasteiger partial charge in [0.2, 0.25) is 0 Å². The van der Waals surface area contributed by atoms with Crippen LogP contribution in [0.4, 0.5) is 0 Å². The SMILES string of the molecule is O=C1NN2CCCCC2c2c1nn(-c1ccc(Cl)cc1Cl)c2-c1ccc(Cl)cc1. The fourth-order valence-corrected chi connectivity index (χ4v) is 4.79. The van der Waals surface area contributed by atoms with Crippen molar-refractivity contribution in [2.24, 2.45) is 0 Å². The van der Waals surface area contributed by atoms with Gasteiger partial charge in [0, 0.05) is 27.7 Å². The number of fused-ring (bicyclic) bond motifs is 3. The molecule has 0 spiro atoms. The summed E-state index contributed by atoms with van der Waals surface area (Å²) in [6, 6.07) is 12.9. The number of piperidine rings is 1. The van der Waals surface area contributed by atoms with Crippen molar-refractivity contribution in [3.05, 3.63) is 68.8 Å². The molecule has 1 N–H and O–H groups in total. The van der Waals surface area contributed by atoms with Crippen molar-refractivity contribution in [3.63, 3.8) is 0 Å². The summed E-state index contributed by atoms with van der Waals surface area (Å²) in [6.07, 6.45) is 3.11. The molecule has 148 valence electrons. The minimum absolute atomic E-state index is 0.0713. The Hall–Kier alpha value is -2.05. The van der Waals surface area contributed by atoms with Crippen LogP contribution in [-0.2, 0) is 0 Å². The number of nitrogens with zero attached hydrogens (tertiary/aromatic N) is 3. The zero-order valence-corrected chi connectivity index (χ0v) is 17.6. The molecule has 1 atom stereocenters. The maximum Gasteiger partial charge on any atom is 0.286 e. The lowest BCUT2D eigenvalue weighted by Gasteiger charge is -2.38. The zero-order valence-electron chi connectivity index (χ0n) is 15.3. The van der Waals surface area contributed by atoms with Gasteiger partial charge in [0.05, 0.1) is 22.4 Å². The van der Waals surface area contributed by atoms with E-state index in [1.54, 1.807) is 16.8 Å². The smallest absolute Gasteiger partial charge is 0.283 e. The van der Waals surface area contributed by atoms with E-state index >= 15 is 0 Å². The number of rotatable bonds is 2. The van der Waals surface area contributed by atoms with Crippen LogP contribution < -0.4 is 5.43 Å². The number of amides is 1. The summed E-state index contributed by atoms with van der Waals surface area (Å²) in [5, 5.41) is 8.39. The molecule has 2 aliphatic heterocycles. The summed E-state index contributed by atoms with van der Waals surface area (Å²) in [5.74, 6) is -0.197. The highest BCUT2D eigenvalue weighted by Crippen LogP contribution is 2.42. The lowest BCUT2D eigenvalue weighted by Crippen LogP contribution is -2.50. The number of hydrazine groups is 1. The van der Waals surface area contributed by atoms with Crippen LogP contribution in [0.25, 0.3) is 16.9 Å². The first-order valence-corrected chi connectivity index (χ1v) is 10.6. The molecule has 0 aliphatic carbocycles. The molecule has 5 nitrogen and oxygen atoms in total. The largest absolute Gasteiger partial charge is 0.286 e. The van der Waals surface area contributed by atoms with Crippen molar-refractivity contribution in [3.8, 4) is 16.9 Å². The van der Waals surface area contributed by atoms with E-state index in [1.165, 1.54) is 0 Å². The molecule has 1 saturated heterocycles. The molecule has 5 rings (SSSR count). The lowest BCUT2D eigenvalue weighted by molar-refractivity contribution is 0.0493. The number of benzene rings is 2. The van der Waals surface area contributed by atoms with Crippen LogP contribution >= 0.6 is 34.8 Å². The summed E-state index contributed by atoms with van der Waals surface area (Å²) >= 11 is 18.7. The quantitative estimate of drug-likeness (QED) is 0.549. The van der Waals surface area contributed by atoms with Crippen LogP contribution in [0.3, 0.4) is 0 Å². The average Bonchev–Trinajstić information content (AvgIpc) is 3.10. The fourth-order valence-electron chi connectivity index (χ4n) is 4.18. The molecule has 0 saturated carbocycles. The monoisotopic (exact) mass is 446 g/mol. The highest BCUT2D eigenvalue weighted by molar-refractivity contribution is 6.35. The molecular formula is C21H17Cl3N4O. The normalized spacial score (nSPS) is 18.9. The third-order valence-electron chi connectivity index (χ3n) is 5.47. The van der Waals surface area contributed by atoms with Crippen molar-refractivity contribution in [2.45, 2.75) is 25.3 Å². The van der Waals surface area contributed by atoms with E-state index in [4.69, 9.17) is 39.9 Å². The second-order valence-corrected chi connectivity index (χ2v) is 8.55. The number of nitrogens with one attached hydrogen (secondary N) is 1. The number of carbonyl (C=O) groups excluding carboxylic acids is 1. The zero-order chi connectivity index (χ0) is 20.1. The van der Waals surface area contributed by atoms with Crippen molar-refractivity contribution >= 4 is 40.7 Å². The summed E-state index contributed by atoms with van der Waals surface area (Å²) < 4.78 is 1.75. The van der Waals surface area contributed by atoms with Gasteiger partial charge in [-0.05, 0) is 43.2 Å². The van der Waals surface area contributed by atoms with Crippen LogP contribution in [0.15, 0.2) is 42.5 Å². The molecule has 3 heterocycles. The Kier molecular flexibility index (Phi) is 4.79. The summed E-state index contributed by atoms with van der Waals surface area (Å²) in [4.78, 5) is 12.9. The van der Waals surface area contributed by atoms with Crippen LogP contribution in [0.1, 0.15) is 41.4 Å². The molecule has 29 heavy (non-hydrogen) atoms. The van der Waals surface area contributed by atoms with Crippen molar-refractivity contribution in [2.75, 3.05) is 6.54 Å². The van der Waals surface area contributed by atoms with E-state index in [0.29, 0.717) is 26.4 Å². The fraction of sp³-hybridized carbons (Fsp3) is 0.238. The molecular weight excluding hydrogens is 431 g/mol. The van der Waals surface area contributed by atoms with E-state index < -0.39 is 0 Å². The summed E-state index contributed by atoms with van der Waals surface area (Å²) in [7, 11) is 0. The molecule has 1 amide bonds. The molecule has 8 heteroatoms. The Bertz CT molecular complexity index is 1110. The second kappa shape index (κ2) is 7.33. The van der Waals surface area contributed by atoms with E-state index in [2.05, 4.69) is 5.43 Å². The number of hydrogen-bond acceptors (Lipinski definition) is 3. The van der Waals surface area contributed by atoms with Crippen LogP contribution in [0, 0.1) is 0 Å². The Labute approximate surface area is 183 Å². The Balaban J connectivity index is 1.80. The predicted octanol–water partition coefficient (Wildman–Crippen LogP) is 5.68. The molecule has 1 unspecified atom stereocenters. The van der Waals surface area contributed by atoms with Gasteiger partial charge in [0.15, 0.2) is 5.69 Å². The highest BCUT2D eigenvalue weighted by Gasteiger charge is 2.39. The Morgan fingerprint density at radius 2 is 1.76 bits per heavy atom. The maximum absolute atomic E-state index is 12.9.